The third-order valence-electron chi connectivity index (χ3n) is 4.40. The molecule has 0 bridgehead atoms. The van der Waals surface area contributed by atoms with Crippen molar-refractivity contribution in [2.24, 2.45) is 0 Å². The number of esters is 1. The fourth-order valence-corrected chi connectivity index (χ4v) is 3.93. The van der Waals surface area contributed by atoms with Crippen LogP contribution in [-0.2, 0) is 19.6 Å². The summed E-state index contributed by atoms with van der Waals surface area (Å²) in [5.74, 6) is -1.41. The van der Waals surface area contributed by atoms with Gasteiger partial charge in [0.2, 0.25) is 10.0 Å². The van der Waals surface area contributed by atoms with Crippen molar-refractivity contribution in [2.45, 2.75) is 24.8 Å². The molecule has 0 aliphatic heterocycles. The summed E-state index contributed by atoms with van der Waals surface area (Å²) in [6.07, 6.45) is 0. The Hall–Kier alpha value is -3.22. The van der Waals surface area contributed by atoms with E-state index >= 15 is 0 Å². The number of carbonyl (C=O) groups is 2. The molecule has 0 spiro atoms. The standard InChI is InChI=1S/C21H23N3O5S/c1-16(2)23(3)30(27,28)19-11-7-8-17(14-19)21(26)29-15-20(25)24(13-12-22)18-9-5-4-6-10-18/h4-11,14,16H,13,15H2,1-3H3. The molecule has 30 heavy (non-hydrogen) atoms. The minimum absolute atomic E-state index is 0.00701. The molecule has 0 saturated carbocycles. The molecule has 0 aliphatic rings. The second kappa shape index (κ2) is 10.0. The minimum atomic E-state index is -3.77. The number of hydrogen-bond donors (Lipinski definition) is 0. The van der Waals surface area contributed by atoms with E-state index in [1.165, 1.54) is 40.5 Å². The largest absolute Gasteiger partial charge is 0.452 e. The Kier molecular flexibility index (Phi) is 7.69. The Bertz CT molecular complexity index is 1050. The van der Waals surface area contributed by atoms with E-state index in [1.807, 2.05) is 6.07 Å². The van der Waals surface area contributed by atoms with Gasteiger partial charge in [-0.05, 0) is 44.2 Å². The number of anilines is 1. The smallest absolute Gasteiger partial charge is 0.338 e. The topological polar surface area (TPSA) is 108 Å². The van der Waals surface area contributed by atoms with Crippen LogP contribution >= 0.6 is 0 Å². The van der Waals surface area contributed by atoms with Crippen LogP contribution in [0.5, 0.6) is 0 Å². The molecule has 1 amide bonds. The molecule has 0 heterocycles. The summed E-state index contributed by atoms with van der Waals surface area (Å²) in [7, 11) is -2.31. The molecule has 2 rings (SSSR count). The number of rotatable bonds is 8. The monoisotopic (exact) mass is 429 g/mol. The summed E-state index contributed by atoms with van der Waals surface area (Å²) in [6, 6.07) is 15.6. The zero-order valence-electron chi connectivity index (χ0n) is 17.0. The van der Waals surface area contributed by atoms with Crippen LogP contribution in [0.4, 0.5) is 5.69 Å². The number of nitriles is 1. The number of benzene rings is 2. The normalized spacial score (nSPS) is 11.2. The van der Waals surface area contributed by atoms with Crippen molar-refractivity contribution in [2.75, 3.05) is 25.1 Å². The molecule has 8 nitrogen and oxygen atoms in total. The maximum Gasteiger partial charge on any atom is 0.338 e. The third kappa shape index (κ3) is 5.43. The summed E-state index contributed by atoms with van der Waals surface area (Å²) in [6.45, 7) is 2.69. The van der Waals surface area contributed by atoms with Gasteiger partial charge in [-0.15, -0.1) is 0 Å². The highest BCUT2D eigenvalue weighted by Gasteiger charge is 2.24. The van der Waals surface area contributed by atoms with E-state index in [0.717, 1.165) is 0 Å². The zero-order chi connectivity index (χ0) is 22.3. The van der Waals surface area contributed by atoms with Crippen molar-refractivity contribution in [1.82, 2.24) is 4.31 Å². The van der Waals surface area contributed by atoms with E-state index in [2.05, 4.69) is 0 Å². The van der Waals surface area contributed by atoms with Crippen molar-refractivity contribution in [3.05, 3.63) is 60.2 Å². The third-order valence-corrected chi connectivity index (χ3v) is 6.43. The average Bonchev–Trinajstić information content (AvgIpc) is 2.75. The fourth-order valence-electron chi connectivity index (χ4n) is 2.52. The summed E-state index contributed by atoms with van der Waals surface area (Å²) in [4.78, 5) is 26.0. The van der Waals surface area contributed by atoms with E-state index in [9.17, 15) is 18.0 Å². The van der Waals surface area contributed by atoms with E-state index < -0.39 is 28.5 Å². The number of ether oxygens (including phenoxy) is 1. The van der Waals surface area contributed by atoms with Crippen molar-refractivity contribution in [1.29, 1.82) is 5.26 Å². The Morgan fingerprint density at radius 3 is 2.37 bits per heavy atom. The number of sulfonamides is 1. The number of para-hydroxylation sites is 1. The first-order chi connectivity index (χ1) is 14.2. The van der Waals surface area contributed by atoms with E-state index in [1.54, 1.807) is 44.2 Å². The molecule has 0 radical (unpaired) electrons. The van der Waals surface area contributed by atoms with Gasteiger partial charge in [0.1, 0.15) is 6.54 Å². The first-order valence-electron chi connectivity index (χ1n) is 9.16. The van der Waals surface area contributed by atoms with Gasteiger partial charge in [-0.25, -0.2) is 13.2 Å². The summed E-state index contributed by atoms with van der Waals surface area (Å²) >= 11 is 0. The van der Waals surface area contributed by atoms with Gasteiger partial charge in [0, 0.05) is 18.8 Å². The Balaban J connectivity index is 2.13. The maximum absolute atomic E-state index is 12.6. The van der Waals surface area contributed by atoms with Gasteiger partial charge < -0.3 is 4.74 Å². The van der Waals surface area contributed by atoms with Crippen molar-refractivity contribution >= 4 is 27.6 Å². The minimum Gasteiger partial charge on any atom is -0.452 e. The lowest BCUT2D eigenvalue weighted by Crippen LogP contribution is -2.35. The van der Waals surface area contributed by atoms with Crippen molar-refractivity contribution < 1.29 is 22.7 Å². The van der Waals surface area contributed by atoms with Crippen LogP contribution in [0.25, 0.3) is 0 Å². The van der Waals surface area contributed by atoms with Crippen LogP contribution in [0.3, 0.4) is 0 Å². The van der Waals surface area contributed by atoms with Gasteiger partial charge in [0.05, 0.1) is 16.5 Å². The molecule has 158 valence electrons. The van der Waals surface area contributed by atoms with Crippen LogP contribution in [-0.4, -0.2) is 50.8 Å². The Labute approximate surface area is 176 Å². The van der Waals surface area contributed by atoms with E-state index in [-0.39, 0.29) is 23.0 Å². The first kappa shape index (κ1) is 23.1. The Morgan fingerprint density at radius 1 is 1.10 bits per heavy atom. The molecule has 0 fully saturated rings. The number of carbonyl (C=O) groups excluding carboxylic acids is 2. The molecule has 0 saturated heterocycles. The van der Waals surface area contributed by atoms with Crippen LogP contribution in [0.1, 0.15) is 24.2 Å². The number of hydrogen-bond acceptors (Lipinski definition) is 6. The van der Waals surface area contributed by atoms with Gasteiger partial charge in [-0.1, -0.05) is 24.3 Å². The molecule has 0 aliphatic carbocycles. The second-order valence-electron chi connectivity index (χ2n) is 6.69. The SMILES string of the molecule is CC(C)N(C)S(=O)(=O)c1cccc(C(=O)OCC(=O)N(CC#N)c2ccccc2)c1. The molecule has 0 N–H and O–H groups in total. The fraction of sp³-hybridized carbons (Fsp3) is 0.286. The highest BCUT2D eigenvalue weighted by atomic mass is 32.2. The number of amides is 1. The predicted octanol–water partition coefficient (Wildman–Crippen LogP) is 2.43. The molecule has 2 aromatic carbocycles. The van der Waals surface area contributed by atoms with Crippen molar-refractivity contribution in [3.63, 3.8) is 0 Å². The average molecular weight is 429 g/mol. The lowest BCUT2D eigenvalue weighted by atomic mass is 10.2. The predicted molar refractivity (Wildman–Crippen MR) is 111 cm³/mol. The van der Waals surface area contributed by atoms with Gasteiger partial charge in [0.25, 0.3) is 5.91 Å². The first-order valence-corrected chi connectivity index (χ1v) is 10.6. The molecule has 9 heteroatoms. The lowest BCUT2D eigenvalue weighted by molar-refractivity contribution is -0.121. The molecular formula is C21H23N3O5S. The second-order valence-corrected chi connectivity index (χ2v) is 8.69. The van der Waals surface area contributed by atoms with Crippen LogP contribution in [0, 0.1) is 11.3 Å². The lowest BCUT2D eigenvalue weighted by Gasteiger charge is -2.21. The summed E-state index contributed by atoms with van der Waals surface area (Å²) in [5.41, 5.74) is 0.512. The summed E-state index contributed by atoms with van der Waals surface area (Å²) in [5, 5.41) is 8.98. The molecule has 0 unspecified atom stereocenters. The van der Waals surface area contributed by atoms with Crippen LogP contribution < -0.4 is 4.90 Å². The molecule has 2 aromatic rings. The van der Waals surface area contributed by atoms with Gasteiger partial charge >= 0.3 is 5.97 Å². The van der Waals surface area contributed by atoms with Gasteiger partial charge in [-0.3, -0.25) is 9.69 Å². The van der Waals surface area contributed by atoms with E-state index in [0.29, 0.717) is 5.69 Å². The maximum atomic E-state index is 12.6. The molecule has 0 atom stereocenters. The highest BCUT2D eigenvalue weighted by Crippen LogP contribution is 2.19. The van der Waals surface area contributed by atoms with E-state index in [4.69, 9.17) is 10.00 Å². The zero-order valence-corrected chi connectivity index (χ0v) is 17.8. The highest BCUT2D eigenvalue weighted by molar-refractivity contribution is 7.89. The quantitative estimate of drug-likeness (QED) is 0.471. The molecule has 0 aromatic heterocycles. The summed E-state index contributed by atoms with van der Waals surface area (Å²) < 4.78 is 31.5. The van der Waals surface area contributed by atoms with Crippen LogP contribution in [0.2, 0.25) is 0 Å². The number of nitrogens with zero attached hydrogens (tertiary/aromatic N) is 3. The Morgan fingerprint density at radius 2 is 1.77 bits per heavy atom. The van der Waals surface area contributed by atoms with Crippen LogP contribution in [0.15, 0.2) is 59.5 Å². The van der Waals surface area contributed by atoms with Gasteiger partial charge in [0.15, 0.2) is 6.61 Å². The van der Waals surface area contributed by atoms with Gasteiger partial charge in [-0.2, -0.15) is 9.57 Å². The molecular weight excluding hydrogens is 406 g/mol. The van der Waals surface area contributed by atoms with Crippen molar-refractivity contribution in [3.8, 4) is 6.07 Å².